The van der Waals surface area contributed by atoms with Crippen LogP contribution in [0.2, 0.25) is 0 Å². The summed E-state index contributed by atoms with van der Waals surface area (Å²) in [6, 6.07) is -2.07. The van der Waals surface area contributed by atoms with Crippen molar-refractivity contribution in [1.29, 1.82) is 0 Å². The number of H-pyrrole nitrogens is 1. The van der Waals surface area contributed by atoms with Crippen LogP contribution < -0.4 is 43.0 Å². The number of benzene rings is 1. The number of hydrogen-bond donors (Lipinski definition) is 10. The molecule has 8 atom stereocenters. The van der Waals surface area contributed by atoms with Gasteiger partial charge in [-0.15, -0.1) is 0 Å². The number of nitrogens with zero attached hydrogens (tertiary/aromatic N) is 5. The largest absolute Gasteiger partial charge is 0.508 e. The predicted octanol–water partition coefficient (Wildman–Crippen LogP) is -1.45. The first-order chi connectivity index (χ1) is 33.0. The van der Waals surface area contributed by atoms with Gasteiger partial charge in [-0.2, -0.15) is 0 Å². The standard InChI is InChI=1S/C45H70N14O11/c1-9-26(4)38(43(67)53-34(21-30-22-47-24-49-30)44(68)58-19-11-13-35(58)41(65)50-27(5)28(6)60)55-40(64)33(20-29-14-16-31(61)17-15-29)52-42(66)37(25(2)3)54-39(63)32(51-36(62)23-57(7)8)12-10-18-48-45(46)56-59(69)70/h14-17,22,24-27,32-35,37-38,61H,9-13,18-21,23H2,1-8H3,(H,47,49)(H,50,65)(H,51,62)(H,52,66)(H,53,67)(H,54,63)(H,55,64)(H3,46,48,56)/t26?,27-,32+,33+,34+,35+,37+,38+/m1/s1. The second kappa shape index (κ2) is 27.7. The van der Waals surface area contributed by atoms with Crippen molar-refractivity contribution in [3.05, 3.63) is 58.2 Å². The van der Waals surface area contributed by atoms with E-state index in [9.17, 15) is 53.6 Å². The van der Waals surface area contributed by atoms with Gasteiger partial charge in [0.05, 0.1) is 18.9 Å². The minimum absolute atomic E-state index is 0.0177. The number of carbonyl (C=O) groups is 8. The zero-order valence-electron chi connectivity index (χ0n) is 41.1. The summed E-state index contributed by atoms with van der Waals surface area (Å²) in [5.41, 5.74) is 6.52. The number of aromatic nitrogens is 2. The Morgan fingerprint density at radius 2 is 1.53 bits per heavy atom. The Balaban J connectivity index is 1.91. The van der Waals surface area contributed by atoms with Crippen molar-refractivity contribution in [2.45, 2.75) is 129 Å². The summed E-state index contributed by atoms with van der Waals surface area (Å²) in [7, 11) is 3.32. The van der Waals surface area contributed by atoms with Crippen LogP contribution in [0.1, 0.15) is 84.9 Å². The van der Waals surface area contributed by atoms with Gasteiger partial charge in [0.25, 0.3) is 5.96 Å². The van der Waals surface area contributed by atoms with E-state index in [1.165, 1.54) is 36.5 Å². The number of rotatable bonds is 27. The molecule has 1 unspecified atom stereocenters. The molecule has 11 N–H and O–H groups in total. The van der Waals surface area contributed by atoms with Crippen molar-refractivity contribution in [2.24, 2.45) is 22.7 Å². The fraction of sp³-hybridized carbons (Fsp3) is 0.600. The van der Waals surface area contributed by atoms with E-state index in [4.69, 9.17) is 5.73 Å². The molecule has 25 heteroatoms. The summed E-state index contributed by atoms with van der Waals surface area (Å²) >= 11 is 0. The Labute approximate surface area is 406 Å². The monoisotopic (exact) mass is 983 g/mol. The summed E-state index contributed by atoms with van der Waals surface area (Å²) in [6.45, 7) is 9.94. The number of hydrogen-bond acceptors (Lipinski definition) is 13. The van der Waals surface area contributed by atoms with Crippen LogP contribution in [0, 0.1) is 22.0 Å². The lowest BCUT2D eigenvalue weighted by atomic mass is 9.96. The summed E-state index contributed by atoms with van der Waals surface area (Å²) in [5, 5.41) is 41.6. The molecule has 1 saturated heterocycles. The second-order valence-corrected chi connectivity index (χ2v) is 18.1. The normalized spacial score (nSPS) is 16.7. The highest BCUT2D eigenvalue weighted by Crippen LogP contribution is 2.21. The number of phenols is 1. The van der Waals surface area contributed by atoms with Gasteiger partial charge in [-0.1, -0.05) is 46.2 Å². The lowest BCUT2D eigenvalue weighted by Gasteiger charge is -2.32. The van der Waals surface area contributed by atoms with E-state index < -0.39 is 106 Å². The number of aromatic amines is 1. The number of imidazole rings is 1. The first-order valence-electron chi connectivity index (χ1n) is 23.2. The first kappa shape index (κ1) is 57.1. The van der Waals surface area contributed by atoms with Crippen molar-refractivity contribution < 1.29 is 48.5 Å². The number of carbonyl (C=O) groups excluding carboxylic acids is 8. The Morgan fingerprint density at radius 1 is 0.900 bits per heavy atom. The number of aromatic hydroxyl groups is 1. The van der Waals surface area contributed by atoms with Crippen LogP contribution in [0.25, 0.3) is 0 Å². The fourth-order valence-corrected chi connectivity index (χ4v) is 7.52. The Morgan fingerprint density at radius 3 is 2.11 bits per heavy atom. The van der Waals surface area contributed by atoms with Crippen molar-refractivity contribution in [3.8, 4) is 5.75 Å². The van der Waals surface area contributed by atoms with Gasteiger partial charge in [0, 0.05) is 37.8 Å². The summed E-state index contributed by atoms with van der Waals surface area (Å²) in [4.78, 5) is 130. The average Bonchev–Trinajstić information content (AvgIpc) is 4.00. The molecule has 70 heavy (non-hydrogen) atoms. The maximum atomic E-state index is 14.5. The SMILES string of the molecule is CCC(C)[C@H](NC(=O)[C@H](Cc1ccc(O)cc1)NC(=O)[C@@H](NC(=O)[C@H](CCCN/C(N)=N\[N+](=O)[O-])NC(=O)CN(C)C)C(C)C)C(=O)N[C@@H](Cc1cnc[nH]1)C(=O)N1CCC[C@H]1C(=O)N[C@H](C)C(C)=O. The van der Waals surface area contributed by atoms with Crippen LogP contribution in [0.15, 0.2) is 41.9 Å². The number of nitrogens with one attached hydrogen (secondary N) is 8. The molecule has 1 aliphatic rings. The zero-order valence-corrected chi connectivity index (χ0v) is 41.1. The van der Waals surface area contributed by atoms with Crippen molar-refractivity contribution >= 4 is 53.1 Å². The molecule has 3 rings (SSSR count). The molecule has 7 amide bonds. The van der Waals surface area contributed by atoms with Gasteiger partial charge < -0.3 is 62.8 Å². The van der Waals surface area contributed by atoms with Gasteiger partial charge in [0.2, 0.25) is 41.4 Å². The Kier molecular flexibility index (Phi) is 22.6. The van der Waals surface area contributed by atoms with Crippen LogP contribution in [0.4, 0.5) is 0 Å². The molecule has 1 aromatic carbocycles. The molecule has 25 nitrogen and oxygen atoms in total. The van der Waals surface area contributed by atoms with Crippen LogP contribution in [0.5, 0.6) is 5.75 Å². The van der Waals surface area contributed by atoms with Gasteiger partial charge in [-0.05, 0) is 83.2 Å². The zero-order chi connectivity index (χ0) is 52.2. The van der Waals surface area contributed by atoms with E-state index in [1.54, 1.807) is 65.7 Å². The van der Waals surface area contributed by atoms with Crippen molar-refractivity contribution in [2.75, 3.05) is 33.7 Å². The summed E-state index contributed by atoms with van der Waals surface area (Å²) in [5.74, 6) is -6.44. The van der Waals surface area contributed by atoms with E-state index in [0.717, 1.165) is 0 Å². The summed E-state index contributed by atoms with van der Waals surface area (Å²) in [6.07, 6.45) is 4.14. The topological polar surface area (TPSA) is 358 Å². The third kappa shape index (κ3) is 18.4. The van der Waals surface area contributed by atoms with E-state index in [0.29, 0.717) is 30.5 Å². The number of nitrogens with two attached hydrogens (primary N) is 1. The van der Waals surface area contributed by atoms with E-state index in [-0.39, 0.29) is 56.9 Å². The molecule has 0 aliphatic carbocycles. The Hall–Kier alpha value is -7.18. The van der Waals surface area contributed by atoms with Crippen LogP contribution >= 0.6 is 0 Å². The second-order valence-electron chi connectivity index (χ2n) is 18.1. The molecule has 1 fully saturated rings. The van der Waals surface area contributed by atoms with Gasteiger partial charge in [0.1, 0.15) is 47.1 Å². The molecule has 2 heterocycles. The molecule has 0 radical (unpaired) electrons. The molecular formula is C45H70N14O11. The van der Waals surface area contributed by atoms with Crippen LogP contribution in [-0.4, -0.2) is 159 Å². The molecular weight excluding hydrogens is 913 g/mol. The third-order valence-electron chi connectivity index (χ3n) is 11.7. The minimum atomic E-state index is -1.37. The number of likely N-dealkylation sites (N-methyl/N-ethyl adjacent to an activating group) is 1. The van der Waals surface area contributed by atoms with Crippen molar-refractivity contribution in [1.82, 2.24) is 57.0 Å². The Bertz CT molecular complexity index is 2150. The third-order valence-corrected chi connectivity index (χ3v) is 11.7. The van der Waals surface area contributed by atoms with Gasteiger partial charge in [0.15, 0.2) is 10.8 Å². The highest BCUT2D eigenvalue weighted by atomic mass is 16.7. The van der Waals surface area contributed by atoms with E-state index in [1.807, 2.05) is 0 Å². The summed E-state index contributed by atoms with van der Waals surface area (Å²) < 4.78 is 0. The molecule has 1 aliphatic heterocycles. The first-order valence-corrected chi connectivity index (χ1v) is 23.2. The number of phenolic OH excluding ortho intramolecular Hbond substituents is 1. The highest BCUT2D eigenvalue weighted by molar-refractivity contribution is 5.98. The lowest BCUT2D eigenvalue weighted by molar-refractivity contribution is -0.485. The maximum absolute atomic E-state index is 14.5. The fourth-order valence-electron chi connectivity index (χ4n) is 7.52. The smallest absolute Gasteiger partial charge is 0.266 e. The molecule has 0 bridgehead atoms. The van der Waals surface area contributed by atoms with E-state index >= 15 is 0 Å². The molecule has 0 spiro atoms. The van der Waals surface area contributed by atoms with E-state index in [2.05, 4.69) is 52.3 Å². The average molecular weight is 983 g/mol. The highest BCUT2D eigenvalue weighted by Gasteiger charge is 2.40. The number of likely N-dealkylation sites (tertiary alicyclic amines) is 1. The van der Waals surface area contributed by atoms with Crippen LogP contribution in [-0.2, 0) is 51.2 Å². The maximum Gasteiger partial charge on any atom is 0.266 e. The quantitative estimate of drug-likeness (QED) is 0.0161. The number of Topliss-reactive ketones (excluding diaryl/α,β-unsaturated/α-hetero) is 1. The number of amides is 7. The predicted molar refractivity (Wildman–Crippen MR) is 255 cm³/mol. The molecule has 386 valence electrons. The number of ketones is 1. The molecule has 0 saturated carbocycles. The van der Waals surface area contributed by atoms with Crippen molar-refractivity contribution in [3.63, 3.8) is 0 Å². The number of guanidine groups is 1. The number of hydrazone groups is 1. The number of nitro groups is 1. The minimum Gasteiger partial charge on any atom is -0.508 e. The molecule has 2 aromatic rings. The lowest BCUT2D eigenvalue weighted by Crippen LogP contribution is -2.62. The molecule has 1 aromatic heterocycles. The van der Waals surface area contributed by atoms with Gasteiger partial charge in [-0.25, -0.2) is 15.1 Å². The van der Waals surface area contributed by atoms with Gasteiger partial charge >= 0.3 is 0 Å². The van der Waals surface area contributed by atoms with Crippen LogP contribution in [0.3, 0.4) is 0 Å². The van der Waals surface area contributed by atoms with Gasteiger partial charge in [-0.3, -0.25) is 38.4 Å².